The van der Waals surface area contributed by atoms with Gasteiger partial charge in [0.2, 0.25) is 0 Å². The minimum absolute atomic E-state index is 0.545. The van der Waals surface area contributed by atoms with Crippen molar-refractivity contribution in [3.05, 3.63) is 18.3 Å². The first kappa shape index (κ1) is 10.8. The molecule has 0 fully saturated rings. The van der Waals surface area contributed by atoms with Crippen molar-refractivity contribution in [1.82, 2.24) is 4.98 Å². The van der Waals surface area contributed by atoms with Crippen LogP contribution < -0.4 is 11.1 Å². The van der Waals surface area contributed by atoms with Gasteiger partial charge in [0.1, 0.15) is 5.82 Å². The summed E-state index contributed by atoms with van der Waals surface area (Å²) in [6.45, 7) is 4.40. The molecule has 0 radical (unpaired) electrons. The second kappa shape index (κ2) is 6.21. The molecule has 0 amide bonds. The van der Waals surface area contributed by atoms with Gasteiger partial charge in [0.15, 0.2) is 0 Å². The Balaban J connectivity index is 2.21. The van der Waals surface area contributed by atoms with Gasteiger partial charge < -0.3 is 15.8 Å². The topological polar surface area (TPSA) is 60.2 Å². The largest absolute Gasteiger partial charge is 0.382 e. The number of ether oxygens (including phenoxy) is 1. The smallest absolute Gasteiger partial charge is 0.146 e. The SMILES string of the molecule is CCOCCCNc1cccnc1N. The third-order valence-corrected chi connectivity index (χ3v) is 1.82. The van der Waals surface area contributed by atoms with Crippen LogP contribution in [0.2, 0.25) is 0 Å². The summed E-state index contributed by atoms with van der Waals surface area (Å²) in [6.07, 6.45) is 2.66. The minimum atomic E-state index is 0.545. The summed E-state index contributed by atoms with van der Waals surface area (Å²) in [4.78, 5) is 3.98. The fraction of sp³-hybridized carbons (Fsp3) is 0.500. The average molecular weight is 195 g/mol. The first-order valence-corrected chi connectivity index (χ1v) is 4.86. The molecule has 0 aliphatic heterocycles. The molecular weight excluding hydrogens is 178 g/mol. The van der Waals surface area contributed by atoms with Gasteiger partial charge >= 0.3 is 0 Å². The molecule has 0 aromatic carbocycles. The normalized spacial score (nSPS) is 10.1. The van der Waals surface area contributed by atoms with Crippen LogP contribution in [0.4, 0.5) is 11.5 Å². The van der Waals surface area contributed by atoms with E-state index in [4.69, 9.17) is 10.5 Å². The third kappa shape index (κ3) is 3.62. The molecule has 3 N–H and O–H groups in total. The molecule has 14 heavy (non-hydrogen) atoms. The maximum absolute atomic E-state index is 5.66. The van der Waals surface area contributed by atoms with Crippen LogP contribution in [0.3, 0.4) is 0 Å². The van der Waals surface area contributed by atoms with Gasteiger partial charge in [-0.05, 0) is 25.5 Å². The van der Waals surface area contributed by atoms with E-state index in [1.807, 2.05) is 19.1 Å². The molecule has 0 bridgehead atoms. The van der Waals surface area contributed by atoms with Gasteiger partial charge in [-0.3, -0.25) is 0 Å². The summed E-state index contributed by atoms with van der Waals surface area (Å²) in [5.74, 6) is 0.545. The van der Waals surface area contributed by atoms with Crippen molar-refractivity contribution < 1.29 is 4.74 Å². The standard InChI is InChI=1S/C10H17N3O/c1-2-14-8-4-7-12-9-5-3-6-13-10(9)11/h3,5-6,12H,2,4,7-8H2,1H3,(H2,11,13). The minimum Gasteiger partial charge on any atom is -0.382 e. The average Bonchev–Trinajstić information content (AvgIpc) is 2.20. The van der Waals surface area contributed by atoms with E-state index in [0.29, 0.717) is 5.82 Å². The lowest BCUT2D eigenvalue weighted by molar-refractivity contribution is 0.147. The maximum Gasteiger partial charge on any atom is 0.146 e. The van der Waals surface area contributed by atoms with Crippen LogP contribution in [-0.4, -0.2) is 24.7 Å². The van der Waals surface area contributed by atoms with Gasteiger partial charge in [-0.15, -0.1) is 0 Å². The second-order valence-electron chi connectivity index (χ2n) is 2.91. The summed E-state index contributed by atoms with van der Waals surface area (Å²) >= 11 is 0. The van der Waals surface area contributed by atoms with Crippen LogP contribution in [-0.2, 0) is 4.74 Å². The number of aromatic nitrogens is 1. The summed E-state index contributed by atoms with van der Waals surface area (Å²) in [5, 5.41) is 3.20. The molecule has 0 atom stereocenters. The molecule has 0 saturated heterocycles. The number of pyridine rings is 1. The van der Waals surface area contributed by atoms with Crippen molar-refractivity contribution in [2.75, 3.05) is 30.8 Å². The number of nitrogens with one attached hydrogen (secondary N) is 1. The van der Waals surface area contributed by atoms with E-state index in [2.05, 4.69) is 10.3 Å². The number of nitrogen functional groups attached to an aromatic ring is 1. The zero-order chi connectivity index (χ0) is 10.2. The molecule has 0 saturated carbocycles. The molecule has 78 valence electrons. The van der Waals surface area contributed by atoms with Crippen LogP contribution in [0.15, 0.2) is 18.3 Å². The first-order chi connectivity index (χ1) is 6.84. The van der Waals surface area contributed by atoms with Crippen LogP contribution in [0.25, 0.3) is 0 Å². The predicted octanol–water partition coefficient (Wildman–Crippen LogP) is 1.50. The van der Waals surface area contributed by atoms with Crippen molar-refractivity contribution in [2.45, 2.75) is 13.3 Å². The van der Waals surface area contributed by atoms with E-state index in [-0.39, 0.29) is 0 Å². The molecule has 0 aliphatic carbocycles. The summed E-state index contributed by atoms with van der Waals surface area (Å²) in [5.41, 5.74) is 6.55. The first-order valence-electron chi connectivity index (χ1n) is 4.86. The molecule has 1 heterocycles. The van der Waals surface area contributed by atoms with Crippen molar-refractivity contribution in [3.63, 3.8) is 0 Å². The lowest BCUT2D eigenvalue weighted by atomic mass is 10.3. The summed E-state index contributed by atoms with van der Waals surface area (Å²) in [7, 11) is 0. The zero-order valence-corrected chi connectivity index (χ0v) is 8.49. The number of rotatable bonds is 6. The van der Waals surface area contributed by atoms with E-state index in [0.717, 1.165) is 31.9 Å². The molecule has 0 aliphatic rings. The fourth-order valence-corrected chi connectivity index (χ4v) is 1.11. The highest BCUT2D eigenvalue weighted by Crippen LogP contribution is 2.12. The lowest BCUT2D eigenvalue weighted by Gasteiger charge is -2.07. The highest BCUT2D eigenvalue weighted by molar-refractivity contribution is 5.60. The second-order valence-corrected chi connectivity index (χ2v) is 2.91. The Labute approximate surface area is 84.5 Å². The van der Waals surface area contributed by atoms with Gasteiger partial charge in [-0.1, -0.05) is 0 Å². The van der Waals surface area contributed by atoms with E-state index >= 15 is 0 Å². The zero-order valence-electron chi connectivity index (χ0n) is 8.49. The Kier molecular flexibility index (Phi) is 4.78. The van der Waals surface area contributed by atoms with Crippen LogP contribution in [0.5, 0.6) is 0 Å². The fourth-order valence-electron chi connectivity index (χ4n) is 1.11. The predicted molar refractivity (Wildman–Crippen MR) is 58.2 cm³/mol. The van der Waals surface area contributed by atoms with Crippen molar-refractivity contribution in [2.24, 2.45) is 0 Å². The highest BCUT2D eigenvalue weighted by Gasteiger charge is 1.96. The number of hydrogen-bond acceptors (Lipinski definition) is 4. The van der Waals surface area contributed by atoms with E-state index in [1.165, 1.54) is 0 Å². The Morgan fingerprint density at radius 3 is 3.14 bits per heavy atom. The van der Waals surface area contributed by atoms with Crippen LogP contribution >= 0.6 is 0 Å². The Morgan fingerprint density at radius 1 is 1.57 bits per heavy atom. The lowest BCUT2D eigenvalue weighted by Crippen LogP contribution is -2.07. The van der Waals surface area contributed by atoms with Crippen LogP contribution in [0.1, 0.15) is 13.3 Å². The van der Waals surface area contributed by atoms with Gasteiger partial charge in [-0.25, -0.2) is 4.98 Å². The van der Waals surface area contributed by atoms with E-state index in [9.17, 15) is 0 Å². The van der Waals surface area contributed by atoms with Gasteiger partial charge in [0.05, 0.1) is 5.69 Å². The van der Waals surface area contributed by atoms with Gasteiger partial charge in [0, 0.05) is 26.0 Å². The van der Waals surface area contributed by atoms with E-state index in [1.54, 1.807) is 6.20 Å². The van der Waals surface area contributed by atoms with Crippen molar-refractivity contribution in [1.29, 1.82) is 0 Å². The summed E-state index contributed by atoms with van der Waals surface area (Å²) in [6, 6.07) is 3.78. The van der Waals surface area contributed by atoms with E-state index < -0.39 is 0 Å². The number of anilines is 2. The number of nitrogens with zero attached hydrogens (tertiary/aromatic N) is 1. The Bertz CT molecular complexity index is 265. The molecule has 0 unspecified atom stereocenters. The maximum atomic E-state index is 5.66. The monoisotopic (exact) mass is 195 g/mol. The Hall–Kier alpha value is -1.29. The molecule has 1 aromatic heterocycles. The van der Waals surface area contributed by atoms with Crippen molar-refractivity contribution in [3.8, 4) is 0 Å². The Morgan fingerprint density at radius 2 is 2.43 bits per heavy atom. The quantitative estimate of drug-likeness (QED) is 0.675. The molecule has 4 heteroatoms. The summed E-state index contributed by atoms with van der Waals surface area (Å²) < 4.78 is 5.21. The number of hydrogen-bond donors (Lipinski definition) is 2. The molecule has 1 rings (SSSR count). The number of nitrogens with two attached hydrogens (primary N) is 1. The molecule has 0 spiro atoms. The molecular formula is C10H17N3O. The third-order valence-electron chi connectivity index (χ3n) is 1.82. The molecule has 4 nitrogen and oxygen atoms in total. The van der Waals surface area contributed by atoms with Gasteiger partial charge in [-0.2, -0.15) is 0 Å². The highest BCUT2D eigenvalue weighted by atomic mass is 16.5. The van der Waals surface area contributed by atoms with Gasteiger partial charge in [0.25, 0.3) is 0 Å². The van der Waals surface area contributed by atoms with Crippen LogP contribution in [0, 0.1) is 0 Å². The molecule has 1 aromatic rings. The van der Waals surface area contributed by atoms with Crippen molar-refractivity contribution >= 4 is 11.5 Å².